The minimum Gasteiger partial charge on any atom is -0.393 e. The second kappa shape index (κ2) is 1.70. The van der Waals surface area contributed by atoms with Gasteiger partial charge in [0.2, 0.25) is 0 Å². The molecule has 0 aromatic rings. The van der Waals surface area contributed by atoms with E-state index in [0.717, 1.165) is 19.4 Å². The highest BCUT2D eigenvalue weighted by Gasteiger charge is 2.45. The number of piperidine rings is 1. The number of hydrogen-bond acceptors (Lipinski definition) is 2. The normalized spacial score (nSPS) is 39.0. The third-order valence-corrected chi connectivity index (χ3v) is 2.46. The first-order valence-corrected chi connectivity index (χ1v) is 3.74. The molecule has 2 fully saturated rings. The van der Waals surface area contributed by atoms with Crippen LogP contribution in [0.1, 0.15) is 25.7 Å². The molecule has 2 nitrogen and oxygen atoms in total. The molecule has 1 aliphatic heterocycles. The van der Waals surface area contributed by atoms with Crippen LogP contribution in [-0.2, 0) is 0 Å². The maximum absolute atomic E-state index is 9.24. The molecule has 0 aromatic carbocycles. The summed E-state index contributed by atoms with van der Waals surface area (Å²) in [5, 5.41) is 12.7. The maximum atomic E-state index is 9.24. The van der Waals surface area contributed by atoms with Crippen LogP contribution in [0.4, 0.5) is 0 Å². The lowest BCUT2D eigenvalue weighted by Gasteiger charge is -2.26. The molecule has 1 atom stereocenters. The zero-order valence-electron chi connectivity index (χ0n) is 5.56. The van der Waals surface area contributed by atoms with Crippen molar-refractivity contribution in [3.05, 3.63) is 0 Å². The van der Waals surface area contributed by atoms with Crippen LogP contribution < -0.4 is 5.32 Å². The van der Waals surface area contributed by atoms with Crippen LogP contribution >= 0.6 is 0 Å². The molecule has 0 unspecified atom stereocenters. The molecular weight excluding hydrogens is 114 g/mol. The van der Waals surface area contributed by atoms with Gasteiger partial charge in [-0.3, -0.25) is 0 Å². The molecule has 2 N–H and O–H groups in total. The summed E-state index contributed by atoms with van der Waals surface area (Å²) in [7, 11) is 0. The predicted octanol–water partition coefficient (Wildman–Crippen LogP) is 0.263. The van der Waals surface area contributed by atoms with Crippen molar-refractivity contribution < 1.29 is 5.11 Å². The zero-order valence-corrected chi connectivity index (χ0v) is 5.56. The van der Waals surface area contributed by atoms with E-state index in [4.69, 9.17) is 0 Å². The third kappa shape index (κ3) is 0.970. The summed E-state index contributed by atoms with van der Waals surface area (Å²) in [4.78, 5) is 0. The Labute approximate surface area is 55.3 Å². The largest absolute Gasteiger partial charge is 0.393 e. The molecule has 1 saturated heterocycles. The Morgan fingerprint density at radius 3 is 2.67 bits per heavy atom. The van der Waals surface area contributed by atoms with Gasteiger partial charge in [-0.15, -0.1) is 0 Å². The summed E-state index contributed by atoms with van der Waals surface area (Å²) in [5.74, 6) is 0. The van der Waals surface area contributed by atoms with Crippen molar-refractivity contribution in [3.63, 3.8) is 0 Å². The molecule has 2 aliphatic rings. The van der Waals surface area contributed by atoms with Crippen molar-refractivity contribution >= 4 is 0 Å². The van der Waals surface area contributed by atoms with E-state index in [-0.39, 0.29) is 6.10 Å². The van der Waals surface area contributed by atoms with Gasteiger partial charge in [0, 0.05) is 5.54 Å². The molecular formula is C7H13NO. The average Bonchev–Trinajstić information content (AvgIpc) is 2.49. The summed E-state index contributed by atoms with van der Waals surface area (Å²) in [6.45, 7) is 1.02. The van der Waals surface area contributed by atoms with Crippen molar-refractivity contribution in [2.45, 2.75) is 37.3 Å². The predicted molar refractivity (Wildman–Crippen MR) is 35.2 cm³/mol. The van der Waals surface area contributed by atoms with Crippen molar-refractivity contribution in [3.8, 4) is 0 Å². The summed E-state index contributed by atoms with van der Waals surface area (Å²) >= 11 is 0. The first-order valence-electron chi connectivity index (χ1n) is 3.74. The molecule has 52 valence electrons. The summed E-state index contributed by atoms with van der Waals surface area (Å²) < 4.78 is 0. The van der Waals surface area contributed by atoms with Crippen LogP contribution in [0.5, 0.6) is 0 Å². The fourth-order valence-corrected chi connectivity index (χ4v) is 1.66. The quantitative estimate of drug-likeness (QED) is 0.489. The van der Waals surface area contributed by atoms with Crippen molar-refractivity contribution in [1.82, 2.24) is 5.32 Å². The van der Waals surface area contributed by atoms with E-state index in [1.165, 1.54) is 12.8 Å². The minimum absolute atomic E-state index is 0.0197. The Hall–Kier alpha value is -0.0800. The van der Waals surface area contributed by atoms with Crippen LogP contribution in [0, 0.1) is 0 Å². The van der Waals surface area contributed by atoms with Crippen LogP contribution in [0.2, 0.25) is 0 Å². The summed E-state index contributed by atoms with van der Waals surface area (Å²) in [6.07, 6.45) is 4.48. The molecule has 1 heterocycles. The molecule has 1 saturated carbocycles. The Balaban J connectivity index is 1.96. The van der Waals surface area contributed by atoms with Gasteiger partial charge in [-0.2, -0.15) is 0 Å². The first kappa shape index (κ1) is 5.69. The molecule has 2 rings (SSSR count). The molecule has 2 heteroatoms. The van der Waals surface area contributed by atoms with E-state index in [2.05, 4.69) is 5.32 Å². The van der Waals surface area contributed by atoms with E-state index in [1.54, 1.807) is 0 Å². The van der Waals surface area contributed by atoms with E-state index in [9.17, 15) is 5.11 Å². The van der Waals surface area contributed by atoms with E-state index >= 15 is 0 Å². The van der Waals surface area contributed by atoms with Crippen LogP contribution in [-0.4, -0.2) is 23.3 Å². The molecule has 1 aliphatic carbocycles. The first-order chi connectivity index (χ1) is 4.31. The van der Waals surface area contributed by atoms with Crippen LogP contribution in [0.15, 0.2) is 0 Å². The van der Waals surface area contributed by atoms with E-state index < -0.39 is 0 Å². The van der Waals surface area contributed by atoms with Gasteiger partial charge in [0.05, 0.1) is 6.10 Å². The smallest absolute Gasteiger partial charge is 0.0569 e. The van der Waals surface area contributed by atoms with Gasteiger partial charge in [-0.1, -0.05) is 0 Å². The molecule has 0 amide bonds. The summed E-state index contributed by atoms with van der Waals surface area (Å²) in [5.41, 5.74) is 0.400. The maximum Gasteiger partial charge on any atom is 0.0569 e. The van der Waals surface area contributed by atoms with Crippen molar-refractivity contribution in [1.29, 1.82) is 0 Å². The van der Waals surface area contributed by atoms with Gasteiger partial charge < -0.3 is 10.4 Å². The second-order valence-corrected chi connectivity index (χ2v) is 3.35. The average molecular weight is 127 g/mol. The van der Waals surface area contributed by atoms with Crippen LogP contribution in [0.25, 0.3) is 0 Å². The lowest BCUT2D eigenvalue weighted by atomic mass is 10.0. The van der Waals surface area contributed by atoms with Gasteiger partial charge in [0.15, 0.2) is 0 Å². The standard InChI is InChI=1S/C7H13NO/c9-6-1-4-8-7(5-6)2-3-7/h6,8-9H,1-5H2/t6-/m1/s1. The van der Waals surface area contributed by atoms with Crippen molar-refractivity contribution in [2.75, 3.05) is 6.54 Å². The lowest BCUT2D eigenvalue weighted by molar-refractivity contribution is 0.110. The summed E-state index contributed by atoms with van der Waals surface area (Å²) in [6, 6.07) is 0. The van der Waals surface area contributed by atoms with E-state index in [1.807, 2.05) is 0 Å². The second-order valence-electron chi connectivity index (χ2n) is 3.35. The van der Waals surface area contributed by atoms with Gasteiger partial charge in [-0.25, -0.2) is 0 Å². The Morgan fingerprint density at radius 2 is 2.22 bits per heavy atom. The molecule has 0 aromatic heterocycles. The lowest BCUT2D eigenvalue weighted by Crippen LogP contribution is -2.42. The highest BCUT2D eigenvalue weighted by Crippen LogP contribution is 2.41. The van der Waals surface area contributed by atoms with Gasteiger partial charge in [0.1, 0.15) is 0 Å². The number of nitrogens with one attached hydrogen (secondary N) is 1. The fraction of sp³-hybridized carbons (Fsp3) is 1.00. The van der Waals surface area contributed by atoms with Gasteiger partial charge >= 0.3 is 0 Å². The monoisotopic (exact) mass is 127 g/mol. The fourth-order valence-electron chi connectivity index (χ4n) is 1.66. The highest BCUT2D eigenvalue weighted by molar-refractivity contribution is 5.05. The van der Waals surface area contributed by atoms with E-state index in [0.29, 0.717) is 5.54 Å². The molecule has 0 radical (unpaired) electrons. The molecule has 1 spiro atoms. The van der Waals surface area contributed by atoms with Crippen molar-refractivity contribution in [2.24, 2.45) is 0 Å². The van der Waals surface area contributed by atoms with Gasteiger partial charge in [0.25, 0.3) is 0 Å². The van der Waals surface area contributed by atoms with Crippen LogP contribution in [0.3, 0.4) is 0 Å². The topological polar surface area (TPSA) is 32.3 Å². The zero-order chi connectivity index (χ0) is 6.32. The molecule has 9 heavy (non-hydrogen) atoms. The SMILES string of the molecule is O[C@@H]1CCNC2(CC2)C1. The minimum atomic E-state index is -0.0197. The number of aliphatic hydroxyl groups is 1. The number of aliphatic hydroxyl groups excluding tert-OH is 1. The Bertz CT molecular complexity index is 120. The number of hydrogen-bond donors (Lipinski definition) is 2. The number of rotatable bonds is 0. The Morgan fingerprint density at radius 1 is 1.44 bits per heavy atom. The highest BCUT2D eigenvalue weighted by atomic mass is 16.3. The third-order valence-electron chi connectivity index (χ3n) is 2.46. The van der Waals surface area contributed by atoms with Gasteiger partial charge in [-0.05, 0) is 32.2 Å². The Kier molecular flexibility index (Phi) is 1.08. The molecule has 0 bridgehead atoms.